The van der Waals surface area contributed by atoms with Crippen molar-refractivity contribution in [3.8, 4) is 0 Å². The molecule has 3 aromatic carbocycles. The zero-order chi connectivity index (χ0) is 28.7. The highest BCUT2D eigenvalue weighted by Gasteiger charge is 2.32. The number of hydrogen-bond donors (Lipinski definition) is 1. The minimum atomic E-state index is -4.28. The van der Waals surface area contributed by atoms with Crippen molar-refractivity contribution in [1.29, 1.82) is 0 Å². The molecule has 0 aliphatic rings. The van der Waals surface area contributed by atoms with Crippen molar-refractivity contribution in [2.75, 3.05) is 17.4 Å². The van der Waals surface area contributed by atoms with E-state index in [9.17, 15) is 22.4 Å². The Hall–Kier alpha value is -3.14. The summed E-state index contributed by atoms with van der Waals surface area (Å²) in [7, 11) is -4.28. The van der Waals surface area contributed by atoms with Gasteiger partial charge in [-0.3, -0.25) is 13.9 Å². The van der Waals surface area contributed by atoms with Crippen LogP contribution in [0.3, 0.4) is 0 Å². The monoisotopic (exact) mass is 593 g/mol. The van der Waals surface area contributed by atoms with Crippen LogP contribution in [0.25, 0.3) is 0 Å². The topological polar surface area (TPSA) is 86.8 Å². The van der Waals surface area contributed by atoms with E-state index in [1.807, 2.05) is 13.8 Å². The van der Waals surface area contributed by atoms with Crippen LogP contribution in [-0.4, -0.2) is 44.3 Å². The SMILES string of the molecule is CC(C)CNC(=O)C(C)N(Cc1ccc(Cl)cc1Cl)C(=O)CN(c1ccccc1)S(=O)(=O)c1ccc(F)cc1. The van der Waals surface area contributed by atoms with Gasteiger partial charge in [0.1, 0.15) is 18.4 Å². The van der Waals surface area contributed by atoms with Crippen LogP contribution in [0.4, 0.5) is 10.1 Å². The molecule has 0 radical (unpaired) electrons. The molecule has 0 saturated carbocycles. The van der Waals surface area contributed by atoms with E-state index in [0.717, 1.165) is 28.6 Å². The Bertz CT molecular complexity index is 1400. The summed E-state index contributed by atoms with van der Waals surface area (Å²) in [6.07, 6.45) is 0. The van der Waals surface area contributed by atoms with Gasteiger partial charge in [0.05, 0.1) is 10.6 Å². The molecule has 0 spiro atoms. The first kappa shape index (κ1) is 30.4. The number of carbonyl (C=O) groups is 2. The van der Waals surface area contributed by atoms with Crippen molar-refractivity contribution in [3.63, 3.8) is 0 Å². The third-order valence-corrected chi connectivity index (χ3v) is 8.31. The molecule has 208 valence electrons. The van der Waals surface area contributed by atoms with E-state index in [1.54, 1.807) is 49.4 Å². The van der Waals surface area contributed by atoms with Crippen molar-refractivity contribution in [2.45, 2.75) is 38.3 Å². The minimum absolute atomic E-state index is 0.0652. The number of anilines is 1. The highest BCUT2D eigenvalue weighted by molar-refractivity contribution is 7.92. The lowest BCUT2D eigenvalue weighted by Gasteiger charge is -2.32. The number of amides is 2. The highest BCUT2D eigenvalue weighted by Crippen LogP contribution is 2.26. The largest absolute Gasteiger partial charge is 0.354 e. The number of carbonyl (C=O) groups excluding carboxylic acids is 2. The molecule has 0 bridgehead atoms. The average molecular weight is 595 g/mol. The van der Waals surface area contributed by atoms with Crippen molar-refractivity contribution < 1.29 is 22.4 Å². The van der Waals surface area contributed by atoms with E-state index >= 15 is 0 Å². The molecule has 0 fully saturated rings. The lowest BCUT2D eigenvalue weighted by atomic mass is 10.1. The van der Waals surface area contributed by atoms with Crippen molar-refractivity contribution in [1.82, 2.24) is 10.2 Å². The van der Waals surface area contributed by atoms with Crippen LogP contribution in [0.2, 0.25) is 10.0 Å². The molecule has 39 heavy (non-hydrogen) atoms. The van der Waals surface area contributed by atoms with Gasteiger partial charge < -0.3 is 10.2 Å². The van der Waals surface area contributed by atoms with Crippen LogP contribution in [0.15, 0.2) is 77.7 Å². The fourth-order valence-corrected chi connectivity index (χ4v) is 5.61. The summed E-state index contributed by atoms with van der Waals surface area (Å²) in [5.74, 6) is -1.44. The highest BCUT2D eigenvalue weighted by atomic mass is 35.5. The number of halogens is 3. The summed E-state index contributed by atoms with van der Waals surface area (Å²) < 4.78 is 41.8. The Morgan fingerprint density at radius 3 is 2.18 bits per heavy atom. The van der Waals surface area contributed by atoms with E-state index in [1.165, 1.54) is 11.0 Å². The Kier molecular flexibility index (Phi) is 10.4. The molecule has 1 unspecified atom stereocenters. The Labute approximate surface area is 238 Å². The normalized spacial score (nSPS) is 12.2. The zero-order valence-corrected chi connectivity index (χ0v) is 24.1. The molecule has 0 aromatic heterocycles. The van der Waals surface area contributed by atoms with Crippen molar-refractivity contribution >= 4 is 50.7 Å². The maximum atomic E-state index is 13.8. The van der Waals surface area contributed by atoms with Crippen LogP contribution in [0.1, 0.15) is 26.3 Å². The summed E-state index contributed by atoms with van der Waals surface area (Å²) in [6.45, 7) is 5.18. The van der Waals surface area contributed by atoms with Gasteiger partial charge in [0.2, 0.25) is 11.8 Å². The molecule has 3 aromatic rings. The van der Waals surface area contributed by atoms with Gasteiger partial charge >= 0.3 is 0 Å². The van der Waals surface area contributed by atoms with E-state index < -0.39 is 40.2 Å². The summed E-state index contributed by atoms with van der Waals surface area (Å²) in [5, 5.41) is 3.53. The molecule has 0 aliphatic heterocycles. The molecule has 7 nitrogen and oxygen atoms in total. The van der Waals surface area contributed by atoms with Gasteiger partial charge in [-0.1, -0.05) is 61.3 Å². The van der Waals surface area contributed by atoms with Gasteiger partial charge in [-0.2, -0.15) is 0 Å². The van der Waals surface area contributed by atoms with Gasteiger partial charge in [-0.05, 0) is 66.9 Å². The fourth-order valence-electron chi connectivity index (χ4n) is 3.73. The molecule has 11 heteroatoms. The third-order valence-electron chi connectivity index (χ3n) is 5.93. The lowest BCUT2D eigenvalue weighted by Crippen LogP contribution is -2.51. The Morgan fingerprint density at radius 1 is 0.949 bits per heavy atom. The standard InChI is InChI=1S/C28H30Cl2FN3O4S/c1-19(2)16-32-28(36)20(3)33(17-21-9-10-22(29)15-26(21)30)27(35)18-34(24-7-5-4-6-8-24)39(37,38)25-13-11-23(31)12-14-25/h4-15,19-20H,16-18H2,1-3H3,(H,32,36). The number of nitrogens with zero attached hydrogens (tertiary/aromatic N) is 2. The number of rotatable bonds is 11. The number of hydrogen-bond acceptors (Lipinski definition) is 4. The molecule has 2 amide bonds. The number of sulfonamides is 1. The predicted molar refractivity (Wildman–Crippen MR) is 152 cm³/mol. The molecule has 0 aliphatic carbocycles. The molecular formula is C28H30Cl2FN3O4S. The van der Waals surface area contributed by atoms with Crippen LogP contribution in [-0.2, 0) is 26.2 Å². The van der Waals surface area contributed by atoms with E-state index in [2.05, 4.69) is 5.32 Å². The lowest BCUT2D eigenvalue weighted by molar-refractivity contribution is -0.139. The van der Waals surface area contributed by atoms with Crippen LogP contribution < -0.4 is 9.62 Å². The number of nitrogens with one attached hydrogen (secondary N) is 1. The zero-order valence-electron chi connectivity index (χ0n) is 21.8. The van der Waals surface area contributed by atoms with Gasteiger partial charge in [-0.25, -0.2) is 12.8 Å². The Balaban J connectivity index is 2.01. The molecule has 0 saturated heterocycles. The van der Waals surface area contributed by atoms with E-state index in [-0.39, 0.29) is 23.0 Å². The summed E-state index contributed by atoms with van der Waals surface area (Å²) in [5.41, 5.74) is 0.766. The number of para-hydroxylation sites is 1. The van der Waals surface area contributed by atoms with Crippen molar-refractivity contribution in [2.24, 2.45) is 5.92 Å². The summed E-state index contributed by atoms with van der Waals surface area (Å²) in [6, 6.07) is 16.3. The van der Waals surface area contributed by atoms with Crippen LogP contribution >= 0.6 is 23.2 Å². The van der Waals surface area contributed by atoms with Gasteiger partial charge in [0, 0.05) is 23.1 Å². The number of benzene rings is 3. The smallest absolute Gasteiger partial charge is 0.264 e. The quantitative estimate of drug-likeness (QED) is 0.317. The van der Waals surface area contributed by atoms with E-state index in [0.29, 0.717) is 22.2 Å². The minimum Gasteiger partial charge on any atom is -0.354 e. The first-order valence-corrected chi connectivity index (χ1v) is 14.4. The molecule has 1 atom stereocenters. The first-order valence-electron chi connectivity index (χ1n) is 12.2. The second-order valence-corrected chi connectivity index (χ2v) is 12.1. The second-order valence-electron chi connectivity index (χ2n) is 9.37. The Morgan fingerprint density at radius 2 is 1.59 bits per heavy atom. The maximum Gasteiger partial charge on any atom is 0.264 e. The van der Waals surface area contributed by atoms with Crippen molar-refractivity contribution in [3.05, 3.63) is 94.2 Å². The fraction of sp³-hybridized carbons (Fsp3) is 0.286. The molecule has 3 rings (SSSR count). The molecule has 0 heterocycles. The van der Waals surface area contributed by atoms with Crippen LogP contribution in [0.5, 0.6) is 0 Å². The summed E-state index contributed by atoms with van der Waals surface area (Å²) >= 11 is 12.4. The average Bonchev–Trinajstić information content (AvgIpc) is 2.90. The molecule has 1 N–H and O–H groups in total. The predicted octanol–water partition coefficient (Wildman–Crippen LogP) is 5.52. The van der Waals surface area contributed by atoms with Gasteiger partial charge in [0.25, 0.3) is 10.0 Å². The first-order chi connectivity index (χ1) is 18.4. The van der Waals surface area contributed by atoms with Gasteiger partial charge in [0.15, 0.2) is 0 Å². The molecular weight excluding hydrogens is 564 g/mol. The summed E-state index contributed by atoms with van der Waals surface area (Å²) in [4.78, 5) is 27.9. The van der Waals surface area contributed by atoms with E-state index in [4.69, 9.17) is 23.2 Å². The second kappa shape index (κ2) is 13.3. The maximum absolute atomic E-state index is 13.8. The van der Waals surface area contributed by atoms with Crippen LogP contribution in [0, 0.1) is 11.7 Å². The van der Waals surface area contributed by atoms with Gasteiger partial charge in [-0.15, -0.1) is 0 Å². The third kappa shape index (κ3) is 7.94.